The largest absolute Gasteiger partial charge is 0.454 e. The Balaban J connectivity index is 1.35. The van der Waals surface area contributed by atoms with Crippen LogP contribution >= 0.6 is 0 Å². The number of carbonyl (C=O) groups excluding carboxylic acids is 3. The van der Waals surface area contributed by atoms with Crippen molar-refractivity contribution in [2.24, 2.45) is 5.92 Å². The lowest BCUT2D eigenvalue weighted by molar-refractivity contribution is -0.152. The van der Waals surface area contributed by atoms with E-state index in [9.17, 15) is 18.8 Å². The smallest absolute Gasteiger partial charge is 0.309 e. The second-order valence-corrected chi connectivity index (χ2v) is 8.19. The van der Waals surface area contributed by atoms with Crippen molar-refractivity contribution in [3.8, 4) is 0 Å². The summed E-state index contributed by atoms with van der Waals surface area (Å²) in [4.78, 5) is 43.1. The Morgan fingerprint density at radius 2 is 1.72 bits per heavy atom. The topological polar surface area (TPSA) is 79.5 Å². The molecule has 0 radical (unpaired) electrons. The molecular formula is C25H25FN2O4. The van der Waals surface area contributed by atoms with Gasteiger partial charge in [-0.25, -0.2) is 4.39 Å². The third-order valence-corrected chi connectivity index (χ3v) is 6.01. The number of halogens is 1. The van der Waals surface area contributed by atoms with Gasteiger partial charge in [0.2, 0.25) is 5.78 Å². The number of nitrogens with zero attached hydrogens (tertiary/aromatic N) is 1. The molecule has 6 nitrogen and oxygen atoms in total. The van der Waals surface area contributed by atoms with Gasteiger partial charge in [-0.3, -0.25) is 14.4 Å². The number of rotatable bonds is 5. The average molecular weight is 436 g/mol. The Labute approximate surface area is 185 Å². The molecule has 1 aromatic heterocycles. The number of hydrogen-bond donors (Lipinski definition) is 1. The molecule has 3 aromatic rings. The van der Waals surface area contributed by atoms with Gasteiger partial charge in [0.05, 0.1) is 5.92 Å². The number of ketones is 1. The van der Waals surface area contributed by atoms with Crippen LogP contribution in [0.1, 0.15) is 46.2 Å². The Kier molecular flexibility index (Phi) is 6.08. The number of H-pyrrole nitrogens is 1. The van der Waals surface area contributed by atoms with Crippen LogP contribution in [0.15, 0.2) is 48.5 Å². The molecule has 166 valence electrons. The van der Waals surface area contributed by atoms with Gasteiger partial charge in [-0.2, -0.15) is 0 Å². The van der Waals surface area contributed by atoms with Crippen molar-refractivity contribution in [3.05, 3.63) is 71.2 Å². The van der Waals surface area contributed by atoms with E-state index in [1.165, 1.54) is 24.3 Å². The molecule has 1 aliphatic heterocycles. The zero-order valence-corrected chi connectivity index (χ0v) is 18.1. The maximum absolute atomic E-state index is 13.1. The zero-order chi connectivity index (χ0) is 22.8. The molecule has 0 spiro atoms. The lowest BCUT2D eigenvalue weighted by atomic mass is 9.96. The zero-order valence-electron chi connectivity index (χ0n) is 18.1. The highest BCUT2D eigenvalue weighted by atomic mass is 19.1. The first-order valence-electron chi connectivity index (χ1n) is 10.7. The number of likely N-dealkylation sites (tertiary alicyclic amines) is 1. The number of aryl methyl sites for hydroxylation is 1. The summed E-state index contributed by atoms with van der Waals surface area (Å²) in [5, 5.41) is 0.811. The van der Waals surface area contributed by atoms with Crippen LogP contribution in [0.5, 0.6) is 0 Å². The van der Waals surface area contributed by atoms with Crippen molar-refractivity contribution >= 4 is 28.6 Å². The van der Waals surface area contributed by atoms with Gasteiger partial charge < -0.3 is 14.6 Å². The van der Waals surface area contributed by atoms with Crippen LogP contribution in [0.4, 0.5) is 4.39 Å². The number of nitrogens with one attached hydrogen (secondary N) is 1. The van der Waals surface area contributed by atoms with E-state index in [1.807, 2.05) is 31.2 Å². The van der Waals surface area contributed by atoms with E-state index in [0.29, 0.717) is 37.1 Å². The molecule has 7 heteroatoms. The molecule has 1 N–H and O–H groups in total. The summed E-state index contributed by atoms with van der Waals surface area (Å²) in [5.41, 5.74) is 2.57. The van der Waals surface area contributed by atoms with E-state index in [4.69, 9.17) is 4.74 Å². The van der Waals surface area contributed by atoms with Crippen molar-refractivity contribution in [3.63, 3.8) is 0 Å². The number of carbonyl (C=O) groups is 3. The first kappa shape index (κ1) is 21.7. The van der Waals surface area contributed by atoms with Gasteiger partial charge in [0.25, 0.3) is 5.91 Å². The molecule has 0 bridgehead atoms. The molecule has 1 amide bonds. The summed E-state index contributed by atoms with van der Waals surface area (Å²) in [7, 11) is 0. The lowest BCUT2D eigenvalue weighted by Crippen LogP contribution is -2.41. The Morgan fingerprint density at radius 1 is 1.06 bits per heavy atom. The van der Waals surface area contributed by atoms with Gasteiger partial charge in [0, 0.05) is 40.8 Å². The number of piperidine rings is 1. The molecule has 4 rings (SSSR count). The molecule has 0 aliphatic carbocycles. The SMILES string of the molecule is Cc1[nH]c2ccccc2c1C(=O)C(C)OC(=O)C1CCN(C(=O)c2ccc(F)cc2)CC1. The van der Waals surface area contributed by atoms with Crippen LogP contribution in [-0.2, 0) is 9.53 Å². The monoisotopic (exact) mass is 436 g/mol. The fourth-order valence-electron chi connectivity index (χ4n) is 4.21. The molecule has 1 saturated heterocycles. The van der Waals surface area contributed by atoms with E-state index < -0.39 is 17.9 Å². The minimum atomic E-state index is -0.903. The summed E-state index contributed by atoms with van der Waals surface area (Å²) in [6.45, 7) is 4.23. The number of para-hydroxylation sites is 1. The molecule has 2 heterocycles. The van der Waals surface area contributed by atoms with Crippen LogP contribution in [0.3, 0.4) is 0 Å². The highest BCUT2D eigenvalue weighted by Gasteiger charge is 2.31. The van der Waals surface area contributed by atoms with Gasteiger partial charge >= 0.3 is 5.97 Å². The molecule has 1 aliphatic rings. The first-order chi connectivity index (χ1) is 15.3. The number of fused-ring (bicyclic) bond motifs is 1. The minimum absolute atomic E-state index is 0.185. The quantitative estimate of drug-likeness (QED) is 0.478. The van der Waals surface area contributed by atoms with E-state index in [-0.39, 0.29) is 17.6 Å². The number of aromatic nitrogens is 1. The van der Waals surface area contributed by atoms with Gasteiger partial charge in [-0.15, -0.1) is 0 Å². The molecule has 2 aromatic carbocycles. The van der Waals surface area contributed by atoms with Crippen LogP contribution in [0.25, 0.3) is 10.9 Å². The summed E-state index contributed by atoms with van der Waals surface area (Å²) in [5.74, 6) is -1.61. The van der Waals surface area contributed by atoms with E-state index >= 15 is 0 Å². The fraction of sp³-hybridized carbons (Fsp3) is 0.320. The predicted octanol–water partition coefficient (Wildman–Crippen LogP) is 4.28. The average Bonchev–Trinajstić information content (AvgIpc) is 3.14. The van der Waals surface area contributed by atoms with E-state index in [1.54, 1.807) is 11.8 Å². The van der Waals surface area contributed by atoms with Crippen LogP contribution < -0.4 is 0 Å². The molecule has 0 saturated carbocycles. The van der Waals surface area contributed by atoms with Crippen molar-refractivity contribution in [1.82, 2.24) is 9.88 Å². The molecular weight excluding hydrogens is 411 g/mol. The fourth-order valence-corrected chi connectivity index (χ4v) is 4.21. The molecule has 32 heavy (non-hydrogen) atoms. The van der Waals surface area contributed by atoms with E-state index in [0.717, 1.165) is 16.6 Å². The van der Waals surface area contributed by atoms with Crippen LogP contribution in [-0.4, -0.2) is 46.7 Å². The van der Waals surface area contributed by atoms with Gasteiger partial charge in [-0.1, -0.05) is 18.2 Å². The summed E-state index contributed by atoms with van der Waals surface area (Å²) >= 11 is 0. The standard InChI is InChI=1S/C25H25FN2O4/c1-15-22(20-5-3-4-6-21(20)27-15)23(29)16(2)32-25(31)18-11-13-28(14-12-18)24(30)17-7-9-19(26)10-8-17/h3-10,16,18,27H,11-14H2,1-2H3. The number of esters is 1. The normalized spacial score (nSPS) is 15.5. The highest BCUT2D eigenvalue weighted by Crippen LogP contribution is 2.25. The third kappa shape index (κ3) is 4.28. The second-order valence-electron chi connectivity index (χ2n) is 8.19. The summed E-state index contributed by atoms with van der Waals surface area (Å²) in [6.07, 6.45) is 0.0108. The Morgan fingerprint density at radius 3 is 2.41 bits per heavy atom. The number of ether oxygens (including phenoxy) is 1. The number of amides is 1. The lowest BCUT2D eigenvalue weighted by Gasteiger charge is -2.31. The third-order valence-electron chi connectivity index (χ3n) is 6.01. The molecule has 1 fully saturated rings. The van der Waals surface area contributed by atoms with Crippen molar-refractivity contribution < 1.29 is 23.5 Å². The van der Waals surface area contributed by atoms with Crippen molar-refractivity contribution in [2.75, 3.05) is 13.1 Å². The number of Topliss-reactive ketones (excluding diaryl/α,β-unsaturated/α-hetero) is 1. The van der Waals surface area contributed by atoms with Crippen molar-refractivity contribution in [1.29, 1.82) is 0 Å². The van der Waals surface area contributed by atoms with Crippen LogP contribution in [0, 0.1) is 18.7 Å². The Hall–Kier alpha value is -3.48. The molecule has 1 unspecified atom stereocenters. The Bertz CT molecular complexity index is 1160. The maximum Gasteiger partial charge on any atom is 0.309 e. The summed E-state index contributed by atoms with van der Waals surface area (Å²) < 4.78 is 18.6. The summed E-state index contributed by atoms with van der Waals surface area (Å²) in [6, 6.07) is 12.9. The van der Waals surface area contributed by atoms with Crippen LogP contribution in [0.2, 0.25) is 0 Å². The minimum Gasteiger partial charge on any atom is -0.454 e. The number of hydrogen-bond acceptors (Lipinski definition) is 4. The second kappa shape index (κ2) is 8.94. The van der Waals surface area contributed by atoms with Crippen molar-refractivity contribution in [2.45, 2.75) is 32.8 Å². The number of benzene rings is 2. The van der Waals surface area contributed by atoms with Gasteiger partial charge in [0.1, 0.15) is 5.82 Å². The predicted molar refractivity (Wildman–Crippen MR) is 118 cm³/mol. The number of aromatic amines is 1. The molecule has 1 atom stereocenters. The maximum atomic E-state index is 13.1. The highest BCUT2D eigenvalue weighted by molar-refractivity contribution is 6.11. The van der Waals surface area contributed by atoms with Gasteiger partial charge in [0.15, 0.2) is 6.10 Å². The van der Waals surface area contributed by atoms with E-state index in [2.05, 4.69) is 4.98 Å². The van der Waals surface area contributed by atoms with Gasteiger partial charge in [-0.05, 0) is 57.0 Å². The first-order valence-corrected chi connectivity index (χ1v) is 10.7.